The van der Waals surface area contributed by atoms with Gasteiger partial charge in [0.1, 0.15) is 5.75 Å². The maximum absolute atomic E-state index is 12.1. The van der Waals surface area contributed by atoms with Gasteiger partial charge < -0.3 is 15.8 Å². The van der Waals surface area contributed by atoms with E-state index >= 15 is 0 Å². The summed E-state index contributed by atoms with van der Waals surface area (Å²) in [6, 6.07) is 11.9. The SMILES string of the molecule is CCOc1ccc(NC(=O)c2cc(N)cc(Cl)c2)cc1. The standard InChI is InChI=1S/C15H15ClN2O2/c1-2-20-14-5-3-13(4-6-14)18-15(19)10-7-11(16)9-12(17)8-10/h3-9H,2,17H2,1H3,(H,18,19). The van der Waals surface area contributed by atoms with Crippen molar-refractivity contribution in [1.82, 2.24) is 0 Å². The minimum absolute atomic E-state index is 0.261. The van der Waals surface area contributed by atoms with Crippen LogP contribution in [0.15, 0.2) is 42.5 Å². The first-order valence-electron chi connectivity index (χ1n) is 6.19. The first kappa shape index (κ1) is 14.2. The fourth-order valence-electron chi connectivity index (χ4n) is 1.75. The predicted molar refractivity (Wildman–Crippen MR) is 81.4 cm³/mol. The van der Waals surface area contributed by atoms with Gasteiger partial charge >= 0.3 is 0 Å². The first-order chi connectivity index (χ1) is 9.58. The maximum atomic E-state index is 12.1. The van der Waals surface area contributed by atoms with E-state index in [0.29, 0.717) is 28.6 Å². The van der Waals surface area contributed by atoms with E-state index in [1.54, 1.807) is 42.5 Å². The number of nitrogens with two attached hydrogens (primary N) is 1. The molecule has 0 aromatic heterocycles. The normalized spacial score (nSPS) is 10.1. The lowest BCUT2D eigenvalue weighted by molar-refractivity contribution is 0.102. The van der Waals surface area contributed by atoms with Crippen molar-refractivity contribution in [3.05, 3.63) is 53.1 Å². The number of carbonyl (C=O) groups excluding carboxylic acids is 1. The topological polar surface area (TPSA) is 64.3 Å². The van der Waals surface area contributed by atoms with Gasteiger partial charge in [0.25, 0.3) is 5.91 Å². The van der Waals surface area contributed by atoms with Crippen LogP contribution in [-0.2, 0) is 0 Å². The largest absolute Gasteiger partial charge is 0.494 e. The van der Waals surface area contributed by atoms with Crippen molar-refractivity contribution in [2.75, 3.05) is 17.7 Å². The van der Waals surface area contributed by atoms with Gasteiger partial charge in [-0.25, -0.2) is 0 Å². The molecule has 2 aromatic rings. The first-order valence-corrected chi connectivity index (χ1v) is 6.56. The van der Waals surface area contributed by atoms with Gasteiger partial charge in [-0.15, -0.1) is 0 Å². The van der Waals surface area contributed by atoms with E-state index in [-0.39, 0.29) is 5.91 Å². The van der Waals surface area contributed by atoms with E-state index in [1.807, 2.05) is 6.92 Å². The molecule has 0 heterocycles. The smallest absolute Gasteiger partial charge is 0.255 e. The third-order valence-electron chi connectivity index (χ3n) is 2.61. The zero-order valence-electron chi connectivity index (χ0n) is 11.0. The lowest BCUT2D eigenvalue weighted by atomic mass is 10.2. The van der Waals surface area contributed by atoms with E-state index in [2.05, 4.69) is 5.32 Å². The Kier molecular flexibility index (Phi) is 4.48. The summed E-state index contributed by atoms with van der Waals surface area (Å²) in [6.07, 6.45) is 0. The van der Waals surface area contributed by atoms with Gasteiger partial charge in [-0.1, -0.05) is 11.6 Å². The molecule has 20 heavy (non-hydrogen) atoms. The number of rotatable bonds is 4. The molecule has 1 amide bonds. The fourth-order valence-corrected chi connectivity index (χ4v) is 1.99. The number of benzene rings is 2. The minimum atomic E-state index is -0.261. The molecular formula is C15H15ClN2O2. The lowest BCUT2D eigenvalue weighted by Gasteiger charge is -2.08. The highest BCUT2D eigenvalue weighted by molar-refractivity contribution is 6.31. The molecule has 4 nitrogen and oxygen atoms in total. The Morgan fingerprint density at radius 3 is 2.55 bits per heavy atom. The molecule has 0 atom stereocenters. The second-order valence-electron chi connectivity index (χ2n) is 4.18. The predicted octanol–water partition coefficient (Wildman–Crippen LogP) is 3.57. The van der Waals surface area contributed by atoms with Crippen LogP contribution in [0, 0.1) is 0 Å². The van der Waals surface area contributed by atoms with Crippen LogP contribution in [0.2, 0.25) is 5.02 Å². The van der Waals surface area contributed by atoms with Gasteiger partial charge in [0, 0.05) is 22.0 Å². The second-order valence-corrected chi connectivity index (χ2v) is 4.62. The Balaban J connectivity index is 2.10. The number of carbonyl (C=O) groups is 1. The quantitative estimate of drug-likeness (QED) is 0.846. The molecular weight excluding hydrogens is 276 g/mol. The van der Waals surface area contributed by atoms with Gasteiger partial charge in [-0.05, 0) is 49.4 Å². The number of nitrogens with one attached hydrogen (secondary N) is 1. The number of hydrogen-bond acceptors (Lipinski definition) is 3. The Labute approximate surface area is 122 Å². The zero-order chi connectivity index (χ0) is 14.5. The lowest BCUT2D eigenvalue weighted by Crippen LogP contribution is -2.12. The van der Waals surface area contributed by atoms with Gasteiger partial charge in [0.15, 0.2) is 0 Å². The molecule has 0 saturated carbocycles. The summed E-state index contributed by atoms with van der Waals surface area (Å²) in [5.41, 5.74) is 7.21. The van der Waals surface area contributed by atoms with Crippen LogP contribution in [0.1, 0.15) is 17.3 Å². The van der Waals surface area contributed by atoms with Crippen molar-refractivity contribution < 1.29 is 9.53 Å². The monoisotopic (exact) mass is 290 g/mol. The van der Waals surface area contributed by atoms with Crippen molar-refractivity contribution in [3.63, 3.8) is 0 Å². The highest BCUT2D eigenvalue weighted by atomic mass is 35.5. The molecule has 0 spiro atoms. The third kappa shape index (κ3) is 3.65. The van der Waals surface area contributed by atoms with Crippen LogP contribution in [0.3, 0.4) is 0 Å². The molecule has 3 N–H and O–H groups in total. The highest BCUT2D eigenvalue weighted by Crippen LogP contribution is 2.19. The van der Waals surface area contributed by atoms with Crippen LogP contribution in [0.5, 0.6) is 5.75 Å². The number of amides is 1. The van der Waals surface area contributed by atoms with Gasteiger partial charge in [0.05, 0.1) is 6.61 Å². The average Bonchev–Trinajstić information content (AvgIpc) is 2.40. The van der Waals surface area contributed by atoms with E-state index < -0.39 is 0 Å². The van der Waals surface area contributed by atoms with Crippen molar-refractivity contribution in [2.45, 2.75) is 6.92 Å². The van der Waals surface area contributed by atoms with Crippen LogP contribution in [0.25, 0.3) is 0 Å². The van der Waals surface area contributed by atoms with Crippen LogP contribution in [0.4, 0.5) is 11.4 Å². The molecule has 0 aliphatic carbocycles. The molecule has 0 bridgehead atoms. The van der Waals surface area contributed by atoms with Crippen LogP contribution < -0.4 is 15.8 Å². The zero-order valence-corrected chi connectivity index (χ0v) is 11.8. The summed E-state index contributed by atoms with van der Waals surface area (Å²) in [5, 5.41) is 3.21. The van der Waals surface area contributed by atoms with Crippen LogP contribution >= 0.6 is 11.6 Å². The number of nitrogen functional groups attached to an aromatic ring is 1. The van der Waals surface area contributed by atoms with E-state index in [0.717, 1.165) is 5.75 Å². The summed E-state index contributed by atoms with van der Waals surface area (Å²) in [5.74, 6) is 0.501. The summed E-state index contributed by atoms with van der Waals surface area (Å²) in [6.45, 7) is 2.52. The molecule has 0 saturated heterocycles. The Morgan fingerprint density at radius 2 is 1.95 bits per heavy atom. The fraction of sp³-hybridized carbons (Fsp3) is 0.133. The van der Waals surface area contributed by atoms with Gasteiger partial charge in [-0.2, -0.15) is 0 Å². The highest BCUT2D eigenvalue weighted by Gasteiger charge is 2.08. The molecule has 5 heteroatoms. The van der Waals surface area contributed by atoms with Gasteiger partial charge in [-0.3, -0.25) is 4.79 Å². The van der Waals surface area contributed by atoms with Crippen LogP contribution in [-0.4, -0.2) is 12.5 Å². The minimum Gasteiger partial charge on any atom is -0.494 e. The summed E-state index contributed by atoms with van der Waals surface area (Å²) in [4.78, 5) is 12.1. The Morgan fingerprint density at radius 1 is 1.25 bits per heavy atom. The molecule has 0 fully saturated rings. The Bertz CT molecular complexity index is 592. The third-order valence-corrected chi connectivity index (χ3v) is 2.82. The molecule has 0 unspecified atom stereocenters. The number of anilines is 2. The second kappa shape index (κ2) is 6.30. The van der Waals surface area contributed by atoms with Crippen molar-refractivity contribution in [3.8, 4) is 5.75 Å². The molecule has 0 aliphatic rings. The van der Waals surface area contributed by atoms with Crippen molar-refractivity contribution in [2.24, 2.45) is 0 Å². The molecule has 0 radical (unpaired) electrons. The van der Waals surface area contributed by atoms with Crippen molar-refractivity contribution in [1.29, 1.82) is 0 Å². The molecule has 2 aromatic carbocycles. The molecule has 0 aliphatic heterocycles. The number of halogens is 1. The molecule has 104 valence electrons. The summed E-state index contributed by atoms with van der Waals surface area (Å²) >= 11 is 5.88. The number of hydrogen-bond donors (Lipinski definition) is 2. The number of ether oxygens (including phenoxy) is 1. The van der Waals surface area contributed by atoms with E-state index in [4.69, 9.17) is 22.1 Å². The van der Waals surface area contributed by atoms with Gasteiger partial charge in [0.2, 0.25) is 0 Å². The maximum Gasteiger partial charge on any atom is 0.255 e. The van der Waals surface area contributed by atoms with E-state index in [1.165, 1.54) is 0 Å². The van der Waals surface area contributed by atoms with E-state index in [9.17, 15) is 4.79 Å². The Hall–Kier alpha value is -2.20. The van der Waals surface area contributed by atoms with Crippen molar-refractivity contribution >= 4 is 28.9 Å². The summed E-state index contributed by atoms with van der Waals surface area (Å²) < 4.78 is 5.34. The molecule has 2 rings (SSSR count). The summed E-state index contributed by atoms with van der Waals surface area (Å²) in [7, 11) is 0. The average molecular weight is 291 g/mol.